The van der Waals surface area contributed by atoms with Crippen molar-refractivity contribution in [3.63, 3.8) is 0 Å². The van der Waals surface area contributed by atoms with Gasteiger partial charge in [0.25, 0.3) is 0 Å². The van der Waals surface area contributed by atoms with Crippen LogP contribution in [0.3, 0.4) is 0 Å². The van der Waals surface area contributed by atoms with Crippen molar-refractivity contribution in [1.29, 1.82) is 0 Å². The molecule has 6 nitrogen and oxygen atoms in total. The molecule has 0 saturated heterocycles. The van der Waals surface area contributed by atoms with Crippen LogP contribution in [0.5, 0.6) is 0 Å². The number of carbonyl (C=O) groups excluding carboxylic acids is 2. The highest BCUT2D eigenvalue weighted by Crippen LogP contribution is 2.21. The Bertz CT molecular complexity index is 763. The van der Waals surface area contributed by atoms with Gasteiger partial charge in [-0.25, -0.2) is 9.59 Å². The average Bonchev–Trinajstić information content (AvgIpc) is 2.71. The fourth-order valence-corrected chi connectivity index (χ4v) is 2.76. The number of esters is 1. The summed E-state index contributed by atoms with van der Waals surface area (Å²) in [5, 5.41) is 13.1. The van der Waals surface area contributed by atoms with Crippen molar-refractivity contribution in [2.75, 3.05) is 0 Å². The van der Waals surface area contributed by atoms with E-state index in [-0.39, 0.29) is 19.1 Å². The standard InChI is InChI=1S/C22H27NO5/c1-16(2)19(24)22(3,20(25)27-14-17-10-6-4-7-11-17)23-21(26)28-15-18-12-8-5-9-13-18/h4-13,16,19,24H,14-15H2,1-3H3,(H,23,26)/t19-,22+/m1/s1. The topological polar surface area (TPSA) is 84.9 Å². The second-order valence-electron chi connectivity index (χ2n) is 7.14. The lowest BCUT2D eigenvalue weighted by molar-refractivity contribution is -0.158. The van der Waals surface area contributed by atoms with Gasteiger partial charge in [0, 0.05) is 0 Å². The highest BCUT2D eigenvalue weighted by atomic mass is 16.6. The largest absolute Gasteiger partial charge is 0.459 e. The van der Waals surface area contributed by atoms with Gasteiger partial charge in [0.1, 0.15) is 13.2 Å². The molecule has 150 valence electrons. The summed E-state index contributed by atoms with van der Waals surface area (Å²) in [4.78, 5) is 25.0. The van der Waals surface area contributed by atoms with Gasteiger partial charge in [0.2, 0.25) is 0 Å². The summed E-state index contributed by atoms with van der Waals surface area (Å²) in [6.45, 7) is 5.05. The van der Waals surface area contributed by atoms with E-state index >= 15 is 0 Å². The van der Waals surface area contributed by atoms with Gasteiger partial charge in [-0.1, -0.05) is 74.5 Å². The molecule has 0 aliphatic rings. The fraction of sp³-hybridized carbons (Fsp3) is 0.364. The van der Waals surface area contributed by atoms with E-state index in [1.165, 1.54) is 6.92 Å². The molecule has 2 N–H and O–H groups in total. The normalized spacial score (nSPS) is 14.0. The molecular weight excluding hydrogens is 358 g/mol. The lowest BCUT2D eigenvalue weighted by atomic mass is 9.87. The first-order chi connectivity index (χ1) is 13.3. The number of ether oxygens (including phenoxy) is 2. The van der Waals surface area contributed by atoms with Gasteiger partial charge in [-0.05, 0) is 24.0 Å². The first-order valence-electron chi connectivity index (χ1n) is 9.21. The molecule has 0 aliphatic heterocycles. The maximum atomic E-state index is 12.7. The minimum atomic E-state index is -1.64. The van der Waals surface area contributed by atoms with Gasteiger partial charge in [-0.15, -0.1) is 0 Å². The first-order valence-corrected chi connectivity index (χ1v) is 9.21. The molecule has 0 spiro atoms. The number of aliphatic hydroxyl groups excluding tert-OH is 1. The van der Waals surface area contributed by atoms with Crippen LogP contribution >= 0.6 is 0 Å². The molecule has 0 saturated carbocycles. The third kappa shape index (κ3) is 5.82. The predicted molar refractivity (Wildman–Crippen MR) is 105 cm³/mol. The van der Waals surface area contributed by atoms with Crippen LogP contribution in [0, 0.1) is 5.92 Å². The van der Waals surface area contributed by atoms with Crippen molar-refractivity contribution < 1.29 is 24.2 Å². The van der Waals surface area contributed by atoms with Crippen LogP contribution in [-0.2, 0) is 27.5 Å². The molecule has 0 unspecified atom stereocenters. The molecule has 0 bridgehead atoms. The first kappa shape index (κ1) is 21.4. The van der Waals surface area contributed by atoms with E-state index < -0.39 is 23.7 Å². The zero-order valence-electron chi connectivity index (χ0n) is 16.4. The van der Waals surface area contributed by atoms with Crippen LogP contribution < -0.4 is 5.32 Å². The molecule has 28 heavy (non-hydrogen) atoms. The number of aliphatic hydroxyl groups is 1. The van der Waals surface area contributed by atoms with Crippen LogP contribution in [0.4, 0.5) is 4.79 Å². The summed E-state index contributed by atoms with van der Waals surface area (Å²) in [5.74, 6) is -1.02. The zero-order valence-corrected chi connectivity index (χ0v) is 16.4. The Hall–Kier alpha value is -2.86. The summed E-state index contributed by atoms with van der Waals surface area (Å²) >= 11 is 0. The van der Waals surface area contributed by atoms with Gasteiger partial charge < -0.3 is 19.9 Å². The van der Waals surface area contributed by atoms with Gasteiger partial charge in [-0.3, -0.25) is 0 Å². The van der Waals surface area contributed by atoms with Gasteiger partial charge in [-0.2, -0.15) is 0 Å². The third-order valence-electron chi connectivity index (χ3n) is 4.43. The van der Waals surface area contributed by atoms with E-state index in [0.717, 1.165) is 11.1 Å². The number of hydrogen-bond acceptors (Lipinski definition) is 5. The summed E-state index contributed by atoms with van der Waals surface area (Å²) in [5.41, 5.74) is -0.0178. The number of rotatable bonds is 8. The average molecular weight is 385 g/mol. The minimum Gasteiger partial charge on any atom is -0.459 e. The number of benzene rings is 2. The molecule has 0 fully saturated rings. The van der Waals surface area contributed by atoms with Crippen LogP contribution in [0.1, 0.15) is 31.9 Å². The van der Waals surface area contributed by atoms with Gasteiger partial charge >= 0.3 is 12.1 Å². The van der Waals surface area contributed by atoms with E-state index in [2.05, 4.69) is 5.32 Å². The zero-order chi connectivity index (χ0) is 20.6. The van der Waals surface area contributed by atoms with E-state index in [0.29, 0.717) is 0 Å². The fourth-order valence-electron chi connectivity index (χ4n) is 2.76. The molecule has 0 radical (unpaired) electrons. The van der Waals surface area contributed by atoms with E-state index in [1.807, 2.05) is 60.7 Å². The Morgan fingerprint density at radius 1 is 0.929 bits per heavy atom. The molecular formula is C22H27NO5. The Kier molecular flexibility index (Phi) is 7.58. The maximum Gasteiger partial charge on any atom is 0.408 e. The van der Waals surface area contributed by atoms with Crippen molar-refractivity contribution in [3.05, 3.63) is 71.8 Å². The van der Waals surface area contributed by atoms with Gasteiger partial charge in [0.15, 0.2) is 5.54 Å². The molecule has 2 aromatic rings. The molecule has 2 rings (SSSR count). The SMILES string of the molecule is CC(C)[C@@H](O)[C@](C)(NC(=O)OCc1ccccc1)C(=O)OCc1ccccc1. The monoisotopic (exact) mass is 385 g/mol. The van der Waals surface area contributed by atoms with E-state index in [1.54, 1.807) is 13.8 Å². The highest BCUT2D eigenvalue weighted by Gasteiger charge is 2.45. The molecule has 2 atom stereocenters. The van der Waals surface area contributed by atoms with Crippen LogP contribution in [0.15, 0.2) is 60.7 Å². The number of alkyl carbamates (subject to hydrolysis) is 1. The number of hydrogen-bond donors (Lipinski definition) is 2. The van der Waals surface area contributed by atoms with Crippen molar-refractivity contribution in [3.8, 4) is 0 Å². The molecule has 2 aromatic carbocycles. The number of amides is 1. The Balaban J connectivity index is 2.04. The molecule has 1 amide bonds. The predicted octanol–water partition coefficient (Wildman–Crippen LogP) is 3.43. The molecule has 0 aliphatic carbocycles. The van der Waals surface area contributed by atoms with Crippen molar-refractivity contribution in [2.45, 2.75) is 45.6 Å². The number of nitrogens with one attached hydrogen (secondary N) is 1. The number of carbonyl (C=O) groups is 2. The van der Waals surface area contributed by atoms with E-state index in [4.69, 9.17) is 9.47 Å². The van der Waals surface area contributed by atoms with Gasteiger partial charge in [0.05, 0.1) is 6.10 Å². The summed E-state index contributed by atoms with van der Waals surface area (Å²) in [6, 6.07) is 18.4. The summed E-state index contributed by atoms with van der Waals surface area (Å²) in [6.07, 6.45) is -1.96. The van der Waals surface area contributed by atoms with Crippen LogP contribution in [-0.4, -0.2) is 28.8 Å². The smallest absolute Gasteiger partial charge is 0.408 e. The Morgan fingerprint density at radius 3 is 1.86 bits per heavy atom. The quantitative estimate of drug-likeness (QED) is 0.680. The summed E-state index contributed by atoms with van der Waals surface area (Å²) < 4.78 is 10.6. The summed E-state index contributed by atoms with van der Waals surface area (Å²) in [7, 11) is 0. The lowest BCUT2D eigenvalue weighted by Gasteiger charge is -2.34. The molecule has 0 heterocycles. The Labute approximate surface area is 165 Å². The van der Waals surface area contributed by atoms with E-state index in [9.17, 15) is 14.7 Å². The molecule has 6 heteroatoms. The highest BCUT2D eigenvalue weighted by molar-refractivity contribution is 5.86. The van der Waals surface area contributed by atoms with Crippen molar-refractivity contribution >= 4 is 12.1 Å². The maximum absolute atomic E-state index is 12.7. The lowest BCUT2D eigenvalue weighted by Crippen LogP contribution is -2.62. The second kappa shape index (κ2) is 9.90. The third-order valence-corrected chi connectivity index (χ3v) is 4.43. The minimum absolute atomic E-state index is 0.0425. The van der Waals surface area contributed by atoms with Crippen LogP contribution in [0.2, 0.25) is 0 Å². The van der Waals surface area contributed by atoms with Crippen molar-refractivity contribution in [1.82, 2.24) is 5.32 Å². The molecule has 0 aromatic heterocycles. The Morgan fingerprint density at radius 2 is 1.39 bits per heavy atom. The van der Waals surface area contributed by atoms with Crippen molar-refractivity contribution in [2.24, 2.45) is 5.92 Å². The van der Waals surface area contributed by atoms with Crippen LogP contribution in [0.25, 0.3) is 0 Å². The second-order valence-corrected chi connectivity index (χ2v) is 7.14.